The highest BCUT2D eigenvalue weighted by Crippen LogP contribution is 2.23. The molecule has 0 bridgehead atoms. The van der Waals surface area contributed by atoms with Gasteiger partial charge >= 0.3 is 5.97 Å². The Kier molecular flexibility index (Phi) is 3.96. The van der Waals surface area contributed by atoms with Crippen molar-refractivity contribution in [1.29, 1.82) is 0 Å². The lowest BCUT2D eigenvalue weighted by Gasteiger charge is -2.07. The molecule has 0 heterocycles. The Labute approximate surface area is 96.0 Å². The molecular weight excluding hydrogens is 267 g/mol. The summed E-state index contributed by atoms with van der Waals surface area (Å²) in [6.07, 6.45) is 0.0219. The first kappa shape index (κ1) is 11.5. The summed E-state index contributed by atoms with van der Waals surface area (Å²) in [4.78, 5) is 10.5. The maximum Gasteiger partial charge on any atom is 0.307 e. The number of rotatable bonds is 3. The Hall–Kier alpha value is -0.540. The molecule has 0 fully saturated rings. The number of carboxylic acids is 1. The molecule has 0 aromatic heterocycles. The molecule has 14 heavy (non-hydrogen) atoms. The number of aryl methyl sites for hydroxylation is 1. The molecule has 0 radical (unpaired) electrons. The van der Waals surface area contributed by atoms with E-state index >= 15 is 0 Å². The van der Waals surface area contributed by atoms with Gasteiger partial charge in [0.25, 0.3) is 0 Å². The Morgan fingerprint density at radius 3 is 2.64 bits per heavy atom. The molecule has 0 saturated carbocycles. The van der Waals surface area contributed by atoms with Crippen LogP contribution in [0.3, 0.4) is 0 Å². The second-order valence-electron chi connectivity index (χ2n) is 3.07. The number of halogens is 2. The van der Waals surface area contributed by atoms with Crippen molar-refractivity contribution in [3.8, 4) is 0 Å². The molecule has 0 amide bonds. The molecule has 0 aliphatic carbocycles. The van der Waals surface area contributed by atoms with Crippen molar-refractivity contribution in [1.82, 2.24) is 0 Å². The lowest BCUT2D eigenvalue weighted by Crippen LogP contribution is -2.02. The fourth-order valence-electron chi connectivity index (χ4n) is 1.24. The van der Waals surface area contributed by atoms with Gasteiger partial charge in [0.2, 0.25) is 0 Å². The number of alkyl halides is 1. The van der Waals surface area contributed by atoms with Crippen molar-refractivity contribution >= 4 is 33.5 Å². The van der Waals surface area contributed by atoms with E-state index in [1.165, 1.54) is 0 Å². The number of aliphatic carboxylic acids is 1. The van der Waals surface area contributed by atoms with Crippen LogP contribution in [0.4, 0.5) is 0 Å². The third-order valence-electron chi connectivity index (χ3n) is 1.99. The van der Waals surface area contributed by atoms with E-state index in [1.807, 2.05) is 13.0 Å². The summed E-state index contributed by atoms with van der Waals surface area (Å²) in [5.74, 6) is -0.837. The van der Waals surface area contributed by atoms with Gasteiger partial charge in [-0.1, -0.05) is 33.6 Å². The minimum atomic E-state index is -0.837. The summed E-state index contributed by atoms with van der Waals surface area (Å²) >= 11 is 9.28. The van der Waals surface area contributed by atoms with E-state index in [0.29, 0.717) is 10.4 Å². The molecule has 0 saturated heterocycles. The lowest BCUT2D eigenvalue weighted by atomic mass is 10.0. The number of hydrogen-bond acceptors (Lipinski definition) is 1. The summed E-state index contributed by atoms with van der Waals surface area (Å²) in [6.45, 7) is 1.89. The highest BCUT2D eigenvalue weighted by molar-refractivity contribution is 9.08. The molecule has 4 heteroatoms. The first-order valence-electron chi connectivity index (χ1n) is 4.10. The van der Waals surface area contributed by atoms with E-state index in [2.05, 4.69) is 15.9 Å². The summed E-state index contributed by atoms with van der Waals surface area (Å²) in [6, 6.07) is 3.64. The number of benzene rings is 1. The van der Waals surface area contributed by atoms with Crippen molar-refractivity contribution < 1.29 is 9.90 Å². The van der Waals surface area contributed by atoms with E-state index in [1.54, 1.807) is 6.07 Å². The molecule has 0 atom stereocenters. The number of hydrogen-bond donors (Lipinski definition) is 1. The summed E-state index contributed by atoms with van der Waals surface area (Å²) in [5.41, 5.74) is 2.72. The topological polar surface area (TPSA) is 37.3 Å². The van der Waals surface area contributed by atoms with E-state index in [4.69, 9.17) is 16.7 Å². The first-order valence-corrected chi connectivity index (χ1v) is 5.60. The van der Waals surface area contributed by atoms with E-state index in [9.17, 15) is 4.79 Å². The van der Waals surface area contributed by atoms with Crippen LogP contribution in [0.2, 0.25) is 5.02 Å². The zero-order valence-corrected chi connectivity index (χ0v) is 10.0. The first-order chi connectivity index (χ1) is 6.54. The maximum absolute atomic E-state index is 10.5. The van der Waals surface area contributed by atoms with E-state index < -0.39 is 5.97 Å². The van der Waals surface area contributed by atoms with Crippen LogP contribution in [-0.4, -0.2) is 11.1 Å². The van der Waals surface area contributed by atoms with Gasteiger partial charge in [0, 0.05) is 10.4 Å². The van der Waals surface area contributed by atoms with Gasteiger partial charge < -0.3 is 5.11 Å². The molecule has 76 valence electrons. The van der Waals surface area contributed by atoms with Crippen LogP contribution in [0.1, 0.15) is 16.7 Å². The third kappa shape index (κ3) is 2.72. The van der Waals surface area contributed by atoms with Gasteiger partial charge in [0.1, 0.15) is 0 Å². The smallest absolute Gasteiger partial charge is 0.307 e. The summed E-state index contributed by atoms with van der Waals surface area (Å²) in [7, 11) is 0. The van der Waals surface area contributed by atoms with Crippen LogP contribution in [0, 0.1) is 6.92 Å². The van der Waals surface area contributed by atoms with Crippen LogP contribution in [0.25, 0.3) is 0 Å². The van der Waals surface area contributed by atoms with Crippen LogP contribution in [0.5, 0.6) is 0 Å². The van der Waals surface area contributed by atoms with Gasteiger partial charge in [-0.25, -0.2) is 0 Å². The Bertz CT molecular complexity index is 363. The Morgan fingerprint density at radius 2 is 2.14 bits per heavy atom. The second kappa shape index (κ2) is 4.80. The fourth-order valence-corrected chi connectivity index (χ4v) is 2.12. The standard InChI is InChI=1S/C10H10BrClO2/c1-6-2-8(5-11)9(12)3-7(6)4-10(13)14/h2-3H,4-5H2,1H3,(H,13,14). The predicted octanol–water partition coefficient (Wildman–Crippen LogP) is 3.17. The number of carbonyl (C=O) groups is 1. The molecule has 1 N–H and O–H groups in total. The molecule has 0 spiro atoms. The average Bonchev–Trinajstić information content (AvgIpc) is 2.10. The third-order valence-corrected chi connectivity index (χ3v) is 2.95. The zero-order chi connectivity index (χ0) is 10.7. The normalized spacial score (nSPS) is 10.2. The minimum Gasteiger partial charge on any atom is -0.481 e. The van der Waals surface area contributed by atoms with Crippen LogP contribution in [-0.2, 0) is 16.5 Å². The van der Waals surface area contributed by atoms with Gasteiger partial charge in [0.15, 0.2) is 0 Å². The summed E-state index contributed by atoms with van der Waals surface area (Å²) in [5, 5.41) is 9.95. The van der Waals surface area contributed by atoms with Crippen LogP contribution < -0.4 is 0 Å². The van der Waals surface area contributed by atoms with Crippen molar-refractivity contribution in [3.05, 3.63) is 33.8 Å². The maximum atomic E-state index is 10.5. The molecule has 1 rings (SSSR count). The highest BCUT2D eigenvalue weighted by Gasteiger charge is 2.08. The fraction of sp³-hybridized carbons (Fsp3) is 0.300. The summed E-state index contributed by atoms with van der Waals surface area (Å²) < 4.78 is 0. The molecule has 0 aliphatic rings. The quantitative estimate of drug-likeness (QED) is 0.862. The van der Waals surface area contributed by atoms with Gasteiger partial charge in [-0.3, -0.25) is 4.79 Å². The van der Waals surface area contributed by atoms with E-state index in [0.717, 1.165) is 16.7 Å². The molecule has 0 unspecified atom stereocenters. The zero-order valence-electron chi connectivity index (χ0n) is 7.68. The molecule has 0 aliphatic heterocycles. The highest BCUT2D eigenvalue weighted by atomic mass is 79.9. The second-order valence-corrected chi connectivity index (χ2v) is 4.04. The Morgan fingerprint density at radius 1 is 1.50 bits per heavy atom. The van der Waals surface area contributed by atoms with Crippen molar-refractivity contribution in [2.24, 2.45) is 0 Å². The molecule has 2 nitrogen and oxygen atoms in total. The monoisotopic (exact) mass is 276 g/mol. The molecule has 1 aromatic rings. The van der Waals surface area contributed by atoms with Crippen molar-refractivity contribution in [3.63, 3.8) is 0 Å². The van der Waals surface area contributed by atoms with Crippen molar-refractivity contribution in [2.45, 2.75) is 18.7 Å². The largest absolute Gasteiger partial charge is 0.481 e. The van der Waals surface area contributed by atoms with Crippen LogP contribution >= 0.6 is 27.5 Å². The van der Waals surface area contributed by atoms with Gasteiger partial charge in [0.05, 0.1) is 6.42 Å². The van der Waals surface area contributed by atoms with Crippen LogP contribution in [0.15, 0.2) is 12.1 Å². The van der Waals surface area contributed by atoms with E-state index in [-0.39, 0.29) is 6.42 Å². The molecule has 1 aromatic carbocycles. The van der Waals surface area contributed by atoms with Gasteiger partial charge in [-0.2, -0.15) is 0 Å². The van der Waals surface area contributed by atoms with Gasteiger partial charge in [-0.15, -0.1) is 0 Å². The molecular formula is C10H10BrClO2. The number of carboxylic acid groups (broad SMARTS) is 1. The SMILES string of the molecule is Cc1cc(CBr)c(Cl)cc1CC(=O)O. The minimum absolute atomic E-state index is 0.0219. The predicted molar refractivity (Wildman–Crippen MR) is 60.2 cm³/mol. The van der Waals surface area contributed by atoms with Crippen molar-refractivity contribution in [2.75, 3.05) is 0 Å². The van der Waals surface area contributed by atoms with Gasteiger partial charge in [-0.05, 0) is 29.7 Å². The lowest BCUT2D eigenvalue weighted by molar-refractivity contribution is -0.136. The average molecular weight is 278 g/mol. The Balaban J connectivity index is 3.08.